The molecular formula is C8H14ClNO6P2+2. The molecule has 1 heterocycles. The topological polar surface area (TPSA) is 96.3 Å². The molecule has 1 saturated heterocycles. The second-order valence-corrected chi connectivity index (χ2v) is 6.32. The van der Waals surface area contributed by atoms with Crippen LogP contribution in [0.4, 0.5) is 0 Å². The summed E-state index contributed by atoms with van der Waals surface area (Å²) in [5, 5.41) is 0. The van der Waals surface area contributed by atoms with E-state index >= 15 is 0 Å². The molecule has 2 N–H and O–H groups in total. The molecule has 0 aromatic rings. The summed E-state index contributed by atoms with van der Waals surface area (Å²) in [6, 6.07) is -0.0645. The standard InChI is InChI=1S/C8H12ClNO6P2/c9-10-3-1-2-6-4-8(5-7(6)10,15-17(11)12)16-18(13)14/h6-7H,1-5H2/p+2/t6-,7-/m1/s1. The van der Waals surface area contributed by atoms with Crippen LogP contribution in [0.25, 0.3) is 0 Å². The molecule has 2 unspecified atom stereocenters. The van der Waals surface area contributed by atoms with Crippen molar-refractivity contribution in [3.05, 3.63) is 0 Å². The second-order valence-electron chi connectivity index (χ2n) is 4.57. The Kier molecular flexibility index (Phi) is 4.68. The maximum atomic E-state index is 10.9. The van der Waals surface area contributed by atoms with Gasteiger partial charge >= 0.3 is 16.5 Å². The van der Waals surface area contributed by atoms with Gasteiger partial charge in [-0.25, -0.2) is 4.42 Å². The van der Waals surface area contributed by atoms with E-state index in [1.165, 1.54) is 0 Å². The van der Waals surface area contributed by atoms with Gasteiger partial charge in [0.05, 0.1) is 0 Å². The van der Waals surface area contributed by atoms with E-state index < -0.39 is 22.3 Å². The Hall–Kier alpha value is 0.290. The number of rotatable bonds is 4. The zero-order chi connectivity index (χ0) is 13.3. The fourth-order valence-electron chi connectivity index (χ4n) is 2.85. The number of halogens is 1. The number of hydrogen-bond donors (Lipinski definition) is 2. The predicted octanol–water partition coefficient (Wildman–Crippen LogP) is 2.04. The predicted molar refractivity (Wildman–Crippen MR) is 62.9 cm³/mol. The summed E-state index contributed by atoms with van der Waals surface area (Å²) in [5.41, 5.74) is 0. The molecule has 10 heteroatoms. The van der Waals surface area contributed by atoms with E-state index in [2.05, 4.69) is 0 Å². The molecule has 1 aliphatic heterocycles. The monoisotopic (exact) mass is 317 g/mol. The number of fused-ring (bicyclic) bond motifs is 1. The first-order valence-electron chi connectivity index (χ1n) is 5.55. The average molecular weight is 318 g/mol. The molecule has 4 atom stereocenters. The Balaban J connectivity index is 2.16. The van der Waals surface area contributed by atoms with Gasteiger partial charge < -0.3 is 0 Å². The molecule has 2 rings (SSSR count). The normalized spacial score (nSPS) is 38.4. The van der Waals surface area contributed by atoms with Crippen molar-refractivity contribution in [1.82, 2.24) is 4.42 Å². The Labute approximate surface area is 111 Å². The molecule has 0 aromatic heterocycles. The third kappa shape index (κ3) is 3.24. The van der Waals surface area contributed by atoms with Gasteiger partial charge in [-0.15, -0.1) is 9.79 Å². The van der Waals surface area contributed by atoms with E-state index in [9.17, 15) is 9.13 Å². The lowest BCUT2D eigenvalue weighted by atomic mass is 9.94. The SMILES string of the molecule is O=[P+](O)OC1(O[P+](=O)O)C[C@H]2CCCN(Cl)[C@@H]2C1. The molecule has 2 fully saturated rings. The van der Waals surface area contributed by atoms with Crippen molar-refractivity contribution in [2.75, 3.05) is 6.54 Å². The summed E-state index contributed by atoms with van der Waals surface area (Å²) in [4.78, 5) is 17.7. The fourth-order valence-corrected chi connectivity index (χ4v) is 4.20. The van der Waals surface area contributed by atoms with Crippen LogP contribution in [0.3, 0.4) is 0 Å². The molecule has 0 amide bonds. The van der Waals surface area contributed by atoms with Crippen LogP contribution in [0.5, 0.6) is 0 Å². The molecule has 1 aliphatic carbocycles. The quantitative estimate of drug-likeness (QED) is 0.465. The molecule has 0 radical (unpaired) electrons. The maximum Gasteiger partial charge on any atom is 0.697 e. The van der Waals surface area contributed by atoms with Crippen molar-refractivity contribution in [3.63, 3.8) is 0 Å². The first kappa shape index (κ1) is 14.7. The van der Waals surface area contributed by atoms with E-state index in [1.54, 1.807) is 4.42 Å². The first-order chi connectivity index (χ1) is 8.42. The Morgan fingerprint density at radius 2 is 1.83 bits per heavy atom. The summed E-state index contributed by atoms with van der Waals surface area (Å²) in [7, 11) is -5.82. The van der Waals surface area contributed by atoms with Crippen LogP contribution in [0.1, 0.15) is 25.7 Å². The van der Waals surface area contributed by atoms with Crippen molar-refractivity contribution >= 4 is 28.3 Å². The van der Waals surface area contributed by atoms with Crippen molar-refractivity contribution in [2.24, 2.45) is 5.92 Å². The van der Waals surface area contributed by atoms with E-state index in [0.29, 0.717) is 6.42 Å². The van der Waals surface area contributed by atoms with Crippen LogP contribution in [-0.4, -0.2) is 32.6 Å². The molecule has 0 bridgehead atoms. The van der Waals surface area contributed by atoms with E-state index in [1.807, 2.05) is 0 Å². The Morgan fingerprint density at radius 3 is 2.33 bits per heavy atom. The van der Waals surface area contributed by atoms with Gasteiger partial charge in [-0.05, 0) is 30.5 Å². The van der Waals surface area contributed by atoms with Gasteiger partial charge in [-0.3, -0.25) is 0 Å². The maximum absolute atomic E-state index is 10.9. The summed E-state index contributed by atoms with van der Waals surface area (Å²) in [6.45, 7) is 0.718. The Morgan fingerprint density at radius 1 is 1.22 bits per heavy atom. The second kappa shape index (κ2) is 5.73. The largest absolute Gasteiger partial charge is 0.697 e. The minimum Gasteiger partial charge on any atom is -0.217 e. The van der Waals surface area contributed by atoms with Crippen molar-refractivity contribution in [3.8, 4) is 0 Å². The lowest BCUT2D eigenvalue weighted by Gasteiger charge is -2.31. The number of hydrogen-bond acceptors (Lipinski definition) is 5. The highest BCUT2D eigenvalue weighted by atomic mass is 35.5. The molecule has 1 saturated carbocycles. The highest BCUT2D eigenvalue weighted by Gasteiger charge is 2.59. The van der Waals surface area contributed by atoms with Gasteiger partial charge in [0.2, 0.25) is 0 Å². The van der Waals surface area contributed by atoms with Crippen LogP contribution >= 0.6 is 28.3 Å². The van der Waals surface area contributed by atoms with Crippen molar-refractivity contribution in [1.29, 1.82) is 0 Å². The average Bonchev–Trinajstić information content (AvgIpc) is 2.54. The summed E-state index contributed by atoms with van der Waals surface area (Å²) in [5.74, 6) is -1.35. The van der Waals surface area contributed by atoms with E-state index in [4.69, 9.17) is 30.6 Å². The molecule has 7 nitrogen and oxygen atoms in total. The third-order valence-electron chi connectivity index (χ3n) is 3.43. The van der Waals surface area contributed by atoms with Gasteiger partial charge in [0.25, 0.3) is 5.79 Å². The van der Waals surface area contributed by atoms with Gasteiger partial charge in [-0.2, -0.15) is 0 Å². The number of piperidine rings is 1. The highest BCUT2D eigenvalue weighted by molar-refractivity contribution is 7.33. The molecular weight excluding hydrogens is 303 g/mol. The van der Waals surface area contributed by atoms with Gasteiger partial charge in [-0.1, -0.05) is 9.05 Å². The van der Waals surface area contributed by atoms with Crippen LogP contribution in [0, 0.1) is 5.92 Å². The third-order valence-corrected chi connectivity index (χ3v) is 4.83. The van der Waals surface area contributed by atoms with Gasteiger partial charge in [0, 0.05) is 34.6 Å². The minimum atomic E-state index is -2.91. The highest BCUT2D eigenvalue weighted by Crippen LogP contribution is 2.51. The minimum absolute atomic E-state index is 0.0645. The van der Waals surface area contributed by atoms with Crippen molar-refractivity contribution < 1.29 is 28.0 Å². The van der Waals surface area contributed by atoms with Gasteiger partial charge in [0.15, 0.2) is 0 Å². The molecule has 0 spiro atoms. The van der Waals surface area contributed by atoms with Crippen molar-refractivity contribution in [2.45, 2.75) is 37.5 Å². The smallest absolute Gasteiger partial charge is 0.217 e. The molecule has 0 aromatic carbocycles. The van der Waals surface area contributed by atoms with E-state index in [-0.39, 0.29) is 18.4 Å². The Bertz CT molecular complexity index is 353. The molecule has 2 aliphatic rings. The number of nitrogens with zero attached hydrogens (tertiary/aromatic N) is 1. The summed E-state index contributed by atoms with van der Waals surface area (Å²) >= 11 is 6.07. The first-order valence-corrected chi connectivity index (χ1v) is 8.15. The summed E-state index contributed by atoms with van der Waals surface area (Å²) in [6.07, 6.45) is 2.32. The lowest BCUT2D eigenvalue weighted by molar-refractivity contribution is -0.112. The summed E-state index contributed by atoms with van der Waals surface area (Å²) < 4.78 is 33.1. The van der Waals surface area contributed by atoms with E-state index in [0.717, 1.165) is 19.4 Å². The molecule has 102 valence electrons. The zero-order valence-corrected chi connectivity index (χ0v) is 12.0. The van der Waals surface area contributed by atoms with Crippen LogP contribution in [0.15, 0.2) is 0 Å². The molecule has 18 heavy (non-hydrogen) atoms. The van der Waals surface area contributed by atoms with Crippen LogP contribution in [-0.2, 0) is 18.2 Å². The van der Waals surface area contributed by atoms with Crippen LogP contribution < -0.4 is 0 Å². The lowest BCUT2D eigenvalue weighted by Crippen LogP contribution is -2.36. The van der Waals surface area contributed by atoms with Crippen LogP contribution in [0.2, 0.25) is 0 Å². The van der Waals surface area contributed by atoms with Gasteiger partial charge in [0.1, 0.15) is 0 Å². The fraction of sp³-hybridized carbons (Fsp3) is 1.00. The zero-order valence-electron chi connectivity index (χ0n) is 9.44.